The zero-order valence-electron chi connectivity index (χ0n) is 6.90. The average Bonchev–Trinajstić information content (AvgIpc) is 2.62. The summed E-state index contributed by atoms with van der Waals surface area (Å²) >= 11 is 0. The molecule has 2 aromatic rings. The molecule has 2 rings (SSSR count). The lowest BCUT2D eigenvalue weighted by atomic mass is 10.4. The summed E-state index contributed by atoms with van der Waals surface area (Å²) in [6, 6.07) is 0. The van der Waals surface area contributed by atoms with Gasteiger partial charge in [-0.05, 0) is 0 Å². The van der Waals surface area contributed by atoms with Crippen LogP contribution in [0, 0.1) is 0 Å². The van der Waals surface area contributed by atoms with Crippen molar-refractivity contribution in [3.05, 3.63) is 12.5 Å². The molecule has 0 bridgehead atoms. The zero-order chi connectivity index (χ0) is 9.10. The van der Waals surface area contributed by atoms with E-state index in [1.807, 2.05) is 0 Å². The van der Waals surface area contributed by atoms with Gasteiger partial charge < -0.3 is 15.6 Å². The van der Waals surface area contributed by atoms with Crippen LogP contribution in [0.1, 0.15) is 0 Å². The third-order valence-corrected chi connectivity index (χ3v) is 1.61. The van der Waals surface area contributed by atoms with Crippen LogP contribution < -0.4 is 11.1 Å². The molecule has 13 heavy (non-hydrogen) atoms. The molecule has 0 aromatic carbocycles. The Morgan fingerprint density at radius 2 is 2.38 bits per heavy atom. The van der Waals surface area contributed by atoms with Gasteiger partial charge in [-0.1, -0.05) is 5.16 Å². The molecule has 0 aliphatic rings. The van der Waals surface area contributed by atoms with Crippen LogP contribution in [0.3, 0.4) is 0 Å². The van der Waals surface area contributed by atoms with Crippen molar-refractivity contribution in [1.29, 1.82) is 0 Å². The van der Waals surface area contributed by atoms with Gasteiger partial charge in [0.1, 0.15) is 17.5 Å². The number of fused-ring (bicyclic) bond motifs is 1. The van der Waals surface area contributed by atoms with Gasteiger partial charge in [-0.15, -0.1) is 0 Å². The van der Waals surface area contributed by atoms with Crippen LogP contribution in [-0.2, 0) is 0 Å². The summed E-state index contributed by atoms with van der Waals surface area (Å²) in [5, 5.41) is 7.44. The summed E-state index contributed by atoms with van der Waals surface area (Å²) < 4.78 is 4.87. The van der Waals surface area contributed by atoms with Gasteiger partial charge in [-0.2, -0.15) is 4.98 Å². The predicted octanol–water partition coefficient (Wildman–Crippen LogP) is -0.0116. The second-order valence-electron chi connectivity index (χ2n) is 2.48. The first kappa shape index (κ1) is 7.93. The van der Waals surface area contributed by atoms with Gasteiger partial charge in [0, 0.05) is 13.1 Å². The first-order chi connectivity index (χ1) is 6.42. The molecule has 0 unspecified atom stereocenters. The molecule has 0 aliphatic carbocycles. The van der Waals surface area contributed by atoms with E-state index in [1.165, 1.54) is 6.33 Å². The molecule has 0 saturated carbocycles. The van der Waals surface area contributed by atoms with Crippen molar-refractivity contribution in [3.8, 4) is 0 Å². The maximum Gasteiger partial charge on any atom is 0.262 e. The van der Waals surface area contributed by atoms with E-state index in [-0.39, 0.29) is 0 Å². The van der Waals surface area contributed by atoms with Crippen LogP contribution in [0.2, 0.25) is 0 Å². The van der Waals surface area contributed by atoms with Gasteiger partial charge in [0.25, 0.3) is 5.71 Å². The number of hydrogen-bond donors (Lipinski definition) is 2. The van der Waals surface area contributed by atoms with Gasteiger partial charge in [-0.25, -0.2) is 4.98 Å². The van der Waals surface area contributed by atoms with E-state index < -0.39 is 0 Å². The summed E-state index contributed by atoms with van der Waals surface area (Å²) in [7, 11) is 0. The van der Waals surface area contributed by atoms with E-state index in [1.54, 1.807) is 6.20 Å². The molecule has 0 saturated heterocycles. The van der Waals surface area contributed by atoms with Gasteiger partial charge >= 0.3 is 0 Å². The first-order valence-electron chi connectivity index (χ1n) is 3.91. The minimum atomic E-state index is 0.481. The lowest BCUT2D eigenvalue weighted by molar-refractivity contribution is 0.448. The molecule has 3 N–H and O–H groups in total. The van der Waals surface area contributed by atoms with Gasteiger partial charge in [0.05, 0.1) is 6.20 Å². The van der Waals surface area contributed by atoms with Crippen molar-refractivity contribution in [1.82, 2.24) is 15.1 Å². The molecule has 6 heteroatoms. The van der Waals surface area contributed by atoms with E-state index in [4.69, 9.17) is 10.3 Å². The molecular formula is C7H9N5O. The maximum absolute atomic E-state index is 5.35. The SMILES string of the molecule is NCCNc1ncnc2oncc12. The summed E-state index contributed by atoms with van der Waals surface area (Å²) in [6.45, 7) is 1.22. The number of nitrogens with one attached hydrogen (secondary N) is 1. The number of hydrogen-bond acceptors (Lipinski definition) is 6. The average molecular weight is 179 g/mol. The lowest BCUT2D eigenvalue weighted by Gasteiger charge is -2.01. The van der Waals surface area contributed by atoms with E-state index in [0.717, 1.165) is 5.39 Å². The third-order valence-electron chi connectivity index (χ3n) is 1.61. The van der Waals surface area contributed by atoms with Crippen molar-refractivity contribution < 1.29 is 4.52 Å². The normalized spacial score (nSPS) is 10.5. The fraction of sp³-hybridized carbons (Fsp3) is 0.286. The van der Waals surface area contributed by atoms with E-state index in [2.05, 4.69) is 20.4 Å². The number of aromatic nitrogens is 3. The fourth-order valence-corrected chi connectivity index (χ4v) is 1.03. The smallest absolute Gasteiger partial charge is 0.262 e. The van der Waals surface area contributed by atoms with Crippen LogP contribution in [0.15, 0.2) is 17.0 Å². The Labute approximate surface area is 74.1 Å². The Morgan fingerprint density at radius 3 is 3.23 bits per heavy atom. The van der Waals surface area contributed by atoms with Crippen LogP contribution in [0.5, 0.6) is 0 Å². The van der Waals surface area contributed by atoms with Crippen LogP contribution in [0.25, 0.3) is 11.1 Å². The van der Waals surface area contributed by atoms with Crippen LogP contribution >= 0.6 is 0 Å². The topological polar surface area (TPSA) is 89.9 Å². The second-order valence-corrected chi connectivity index (χ2v) is 2.48. The maximum atomic E-state index is 5.35. The van der Waals surface area contributed by atoms with Gasteiger partial charge in [0.15, 0.2) is 0 Å². The minimum Gasteiger partial charge on any atom is -0.368 e. The van der Waals surface area contributed by atoms with Crippen molar-refractivity contribution >= 4 is 16.9 Å². The highest BCUT2D eigenvalue weighted by atomic mass is 16.5. The first-order valence-corrected chi connectivity index (χ1v) is 3.91. The Bertz CT molecular complexity index is 398. The van der Waals surface area contributed by atoms with Crippen molar-refractivity contribution in [2.45, 2.75) is 0 Å². The largest absolute Gasteiger partial charge is 0.368 e. The molecule has 0 aliphatic heterocycles. The molecule has 68 valence electrons. The highest BCUT2D eigenvalue weighted by molar-refractivity contribution is 5.83. The Balaban J connectivity index is 2.37. The van der Waals surface area contributed by atoms with Crippen LogP contribution in [-0.4, -0.2) is 28.2 Å². The van der Waals surface area contributed by atoms with Crippen molar-refractivity contribution in [2.75, 3.05) is 18.4 Å². The summed E-state index contributed by atoms with van der Waals surface area (Å²) in [4.78, 5) is 7.94. The molecule has 6 nitrogen and oxygen atoms in total. The third kappa shape index (κ3) is 1.43. The van der Waals surface area contributed by atoms with Crippen LogP contribution in [0.4, 0.5) is 5.82 Å². The Hall–Kier alpha value is -1.69. The standard InChI is InChI=1S/C7H9N5O/c8-1-2-9-6-5-3-12-13-7(5)11-4-10-6/h3-4H,1-2,8H2,(H,9,10,11). The summed E-state index contributed by atoms with van der Waals surface area (Å²) in [5.41, 5.74) is 5.83. The molecule has 2 aromatic heterocycles. The molecule has 0 radical (unpaired) electrons. The number of nitrogens with zero attached hydrogens (tertiary/aromatic N) is 3. The number of rotatable bonds is 3. The van der Waals surface area contributed by atoms with E-state index in [9.17, 15) is 0 Å². The number of anilines is 1. The highest BCUT2D eigenvalue weighted by Gasteiger charge is 2.05. The minimum absolute atomic E-state index is 0.481. The molecule has 2 heterocycles. The lowest BCUT2D eigenvalue weighted by Crippen LogP contribution is -2.13. The Kier molecular flexibility index (Phi) is 2.05. The quantitative estimate of drug-likeness (QED) is 0.688. The molecule has 0 spiro atoms. The predicted molar refractivity (Wildman–Crippen MR) is 47.1 cm³/mol. The van der Waals surface area contributed by atoms with Crippen molar-refractivity contribution in [2.24, 2.45) is 5.73 Å². The summed E-state index contributed by atoms with van der Waals surface area (Å²) in [6.07, 6.45) is 3.00. The number of nitrogens with two attached hydrogens (primary N) is 1. The van der Waals surface area contributed by atoms with Crippen molar-refractivity contribution in [3.63, 3.8) is 0 Å². The molecule has 0 atom stereocenters. The van der Waals surface area contributed by atoms with E-state index in [0.29, 0.717) is 24.6 Å². The van der Waals surface area contributed by atoms with Gasteiger partial charge in [0.2, 0.25) is 0 Å². The summed E-state index contributed by atoms with van der Waals surface area (Å²) in [5.74, 6) is 0.705. The monoisotopic (exact) mass is 179 g/mol. The molecular weight excluding hydrogens is 170 g/mol. The van der Waals surface area contributed by atoms with Gasteiger partial charge in [-0.3, -0.25) is 0 Å². The molecule has 0 amide bonds. The zero-order valence-corrected chi connectivity index (χ0v) is 6.90. The van der Waals surface area contributed by atoms with E-state index >= 15 is 0 Å². The molecule has 0 fully saturated rings. The Morgan fingerprint density at radius 1 is 1.46 bits per heavy atom. The fourth-order valence-electron chi connectivity index (χ4n) is 1.03. The highest BCUT2D eigenvalue weighted by Crippen LogP contribution is 2.17. The second kappa shape index (κ2) is 3.36.